The van der Waals surface area contributed by atoms with Crippen molar-refractivity contribution >= 4 is 11.6 Å². The fraction of sp³-hybridized carbons (Fsp3) is 0.417. The first-order chi connectivity index (χ1) is 6.84. The molecule has 1 aliphatic rings. The van der Waals surface area contributed by atoms with Crippen molar-refractivity contribution in [3.8, 4) is 0 Å². The quantitative estimate of drug-likeness (QED) is 0.536. The summed E-state index contributed by atoms with van der Waals surface area (Å²) in [4.78, 5) is 4.11. The van der Waals surface area contributed by atoms with E-state index in [1.165, 1.54) is 24.0 Å². The molecule has 0 N–H and O–H groups in total. The van der Waals surface area contributed by atoms with Gasteiger partial charge >= 0.3 is 0 Å². The van der Waals surface area contributed by atoms with Crippen LogP contribution in [0, 0.1) is 0 Å². The van der Waals surface area contributed by atoms with E-state index < -0.39 is 0 Å². The van der Waals surface area contributed by atoms with Crippen molar-refractivity contribution in [3.05, 3.63) is 41.7 Å². The number of hydrogen-bond acceptors (Lipinski definition) is 1. The first-order valence-electron chi connectivity index (χ1n) is 5.07. The van der Waals surface area contributed by atoms with E-state index in [9.17, 15) is 0 Å². The first-order valence-corrected chi connectivity index (χ1v) is 5.51. The minimum absolute atomic E-state index is 0.246. The maximum atomic E-state index is 6.09. The van der Waals surface area contributed by atoms with E-state index in [0.717, 1.165) is 12.8 Å². The number of hydrogen-bond donors (Lipinski definition) is 0. The van der Waals surface area contributed by atoms with Gasteiger partial charge in [-0.3, -0.25) is 4.98 Å². The minimum Gasteiger partial charge on any atom is -0.264 e. The summed E-state index contributed by atoms with van der Waals surface area (Å²) in [7, 11) is 0. The molecule has 1 unspecified atom stereocenters. The highest BCUT2D eigenvalue weighted by Gasteiger charge is 2.10. The molecule has 0 fully saturated rings. The molecule has 0 aliphatic heterocycles. The van der Waals surface area contributed by atoms with Crippen molar-refractivity contribution in [2.45, 2.75) is 31.1 Å². The van der Waals surface area contributed by atoms with Gasteiger partial charge in [-0.1, -0.05) is 17.7 Å². The molecule has 0 saturated carbocycles. The van der Waals surface area contributed by atoms with E-state index in [1.54, 1.807) is 0 Å². The molecule has 0 amide bonds. The van der Waals surface area contributed by atoms with E-state index in [4.69, 9.17) is 11.6 Å². The van der Waals surface area contributed by atoms with Crippen molar-refractivity contribution in [2.24, 2.45) is 0 Å². The predicted molar refractivity (Wildman–Crippen MR) is 59.5 cm³/mol. The zero-order valence-corrected chi connectivity index (χ0v) is 8.87. The van der Waals surface area contributed by atoms with Gasteiger partial charge in [0.25, 0.3) is 0 Å². The topological polar surface area (TPSA) is 12.9 Å². The summed E-state index contributed by atoms with van der Waals surface area (Å²) < 4.78 is 0. The lowest BCUT2D eigenvalue weighted by Crippen LogP contribution is -2.05. The van der Waals surface area contributed by atoms with Crippen LogP contribution in [0.4, 0.5) is 0 Å². The Kier molecular flexibility index (Phi) is 3.20. The Bertz CT molecular complexity index is 318. The van der Waals surface area contributed by atoms with Crippen molar-refractivity contribution < 1.29 is 0 Å². The lowest BCUT2D eigenvalue weighted by atomic mass is 9.94. The zero-order chi connectivity index (χ0) is 9.80. The molecule has 14 heavy (non-hydrogen) atoms. The molecule has 1 nitrogen and oxygen atoms in total. The maximum Gasteiger partial charge on any atom is 0.0518 e. The van der Waals surface area contributed by atoms with Gasteiger partial charge in [-0.25, -0.2) is 0 Å². The molecule has 0 aromatic carbocycles. The van der Waals surface area contributed by atoms with Gasteiger partial charge in [-0.05, 0) is 37.3 Å². The SMILES string of the molecule is ClC1C=C(Cc2cccnc2)CCC1. The van der Waals surface area contributed by atoms with Crippen LogP contribution in [0.1, 0.15) is 24.8 Å². The number of halogens is 1. The molecule has 1 aliphatic carbocycles. The number of rotatable bonds is 2. The Morgan fingerprint density at radius 3 is 3.14 bits per heavy atom. The van der Waals surface area contributed by atoms with Gasteiger partial charge in [-0.2, -0.15) is 0 Å². The average Bonchev–Trinajstić information content (AvgIpc) is 2.19. The van der Waals surface area contributed by atoms with Crippen molar-refractivity contribution in [3.63, 3.8) is 0 Å². The summed E-state index contributed by atoms with van der Waals surface area (Å²) in [5.41, 5.74) is 2.74. The number of allylic oxidation sites excluding steroid dienone is 2. The monoisotopic (exact) mass is 207 g/mol. The van der Waals surface area contributed by atoms with E-state index in [0.29, 0.717) is 0 Å². The molecule has 0 bridgehead atoms. The Hall–Kier alpha value is -0.820. The molecule has 1 aromatic heterocycles. The third kappa shape index (κ3) is 2.58. The van der Waals surface area contributed by atoms with Crippen LogP contribution in [-0.2, 0) is 6.42 Å². The number of aromatic nitrogens is 1. The standard InChI is InChI=1S/C12H14ClN/c13-12-5-1-3-10(8-12)7-11-4-2-6-14-9-11/h2,4,6,8-9,12H,1,3,5,7H2. The van der Waals surface area contributed by atoms with Crippen LogP contribution in [0.25, 0.3) is 0 Å². The fourth-order valence-corrected chi connectivity index (χ4v) is 2.19. The van der Waals surface area contributed by atoms with Gasteiger partial charge in [0.1, 0.15) is 0 Å². The second-order valence-electron chi connectivity index (χ2n) is 3.77. The summed E-state index contributed by atoms with van der Waals surface area (Å²) >= 11 is 6.09. The van der Waals surface area contributed by atoms with Gasteiger partial charge in [-0.15, -0.1) is 11.6 Å². The molecule has 2 rings (SSSR count). The Morgan fingerprint density at radius 2 is 2.43 bits per heavy atom. The normalized spacial score (nSPS) is 21.8. The molecular formula is C12H14ClN. The molecule has 1 atom stereocenters. The smallest absolute Gasteiger partial charge is 0.0518 e. The zero-order valence-electron chi connectivity index (χ0n) is 8.12. The minimum atomic E-state index is 0.246. The summed E-state index contributed by atoms with van der Waals surface area (Å²) in [6.07, 6.45) is 10.5. The van der Waals surface area contributed by atoms with E-state index in [2.05, 4.69) is 17.1 Å². The van der Waals surface area contributed by atoms with E-state index >= 15 is 0 Å². The molecule has 1 aromatic rings. The Balaban J connectivity index is 2.04. The van der Waals surface area contributed by atoms with Crippen molar-refractivity contribution in [1.29, 1.82) is 0 Å². The lowest BCUT2D eigenvalue weighted by molar-refractivity contribution is 0.693. The van der Waals surface area contributed by atoms with Gasteiger partial charge in [0.15, 0.2) is 0 Å². The van der Waals surface area contributed by atoms with Gasteiger partial charge < -0.3 is 0 Å². The third-order valence-electron chi connectivity index (χ3n) is 2.55. The highest BCUT2D eigenvalue weighted by atomic mass is 35.5. The lowest BCUT2D eigenvalue weighted by Gasteiger charge is -2.16. The molecule has 1 heterocycles. The van der Waals surface area contributed by atoms with Crippen molar-refractivity contribution in [1.82, 2.24) is 4.98 Å². The van der Waals surface area contributed by atoms with Crippen LogP contribution >= 0.6 is 11.6 Å². The summed E-state index contributed by atoms with van der Waals surface area (Å²) in [6, 6.07) is 4.10. The van der Waals surface area contributed by atoms with Crippen LogP contribution < -0.4 is 0 Å². The predicted octanol–water partition coefficient (Wildman–Crippen LogP) is 3.34. The second kappa shape index (κ2) is 4.61. The van der Waals surface area contributed by atoms with E-state index in [1.807, 2.05) is 18.5 Å². The Morgan fingerprint density at radius 1 is 1.50 bits per heavy atom. The van der Waals surface area contributed by atoms with Gasteiger partial charge in [0.2, 0.25) is 0 Å². The number of nitrogens with zero attached hydrogens (tertiary/aromatic N) is 1. The Labute approximate surface area is 89.8 Å². The largest absolute Gasteiger partial charge is 0.264 e. The third-order valence-corrected chi connectivity index (χ3v) is 2.89. The number of alkyl halides is 1. The van der Waals surface area contributed by atoms with Crippen LogP contribution in [0.15, 0.2) is 36.2 Å². The second-order valence-corrected chi connectivity index (χ2v) is 4.33. The van der Waals surface area contributed by atoms with E-state index in [-0.39, 0.29) is 5.38 Å². The first kappa shape index (κ1) is 9.72. The summed E-state index contributed by atoms with van der Waals surface area (Å²) in [5, 5.41) is 0.246. The van der Waals surface area contributed by atoms with Gasteiger partial charge in [0, 0.05) is 12.4 Å². The summed E-state index contributed by atoms with van der Waals surface area (Å²) in [5.74, 6) is 0. The fourth-order valence-electron chi connectivity index (χ4n) is 1.86. The van der Waals surface area contributed by atoms with Crippen LogP contribution in [0.5, 0.6) is 0 Å². The maximum absolute atomic E-state index is 6.09. The molecular weight excluding hydrogens is 194 g/mol. The van der Waals surface area contributed by atoms with Crippen LogP contribution in [0.3, 0.4) is 0 Å². The highest BCUT2D eigenvalue weighted by molar-refractivity contribution is 6.21. The molecule has 0 saturated heterocycles. The van der Waals surface area contributed by atoms with Crippen LogP contribution in [0.2, 0.25) is 0 Å². The number of pyridine rings is 1. The molecule has 2 heteroatoms. The molecule has 0 spiro atoms. The van der Waals surface area contributed by atoms with Crippen LogP contribution in [-0.4, -0.2) is 10.4 Å². The summed E-state index contributed by atoms with van der Waals surface area (Å²) in [6.45, 7) is 0. The molecule has 0 radical (unpaired) electrons. The highest BCUT2D eigenvalue weighted by Crippen LogP contribution is 2.24. The average molecular weight is 208 g/mol. The van der Waals surface area contributed by atoms with Crippen molar-refractivity contribution in [2.75, 3.05) is 0 Å². The molecule has 74 valence electrons. The van der Waals surface area contributed by atoms with Gasteiger partial charge in [0.05, 0.1) is 5.38 Å².